The molecule has 2 unspecified atom stereocenters. The van der Waals surface area contributed by atoms with Crippen molar-refractivity contribution < 1.29 is 32.5 Å². The lowest BCUT2D eigenvalue weighted by Crippen LogP contribution is -2.48. The number of nitrogens with one attached hydrogen (secondary N) is 1. The third kappa shape index (κ3) is 5.89. The highest BCUT2D eigenvalue weighted by atomic mass is 32.2. The Kier molecular flexibility index (Phi) is 8.93. The summed E-state index contributed by atoms with van der Waals surface area (Å²) in [6.07, 6.45) is 1.13. The first-order chi connectivity index (χ1) is 16.3. The molecule has 3 rings (SSSR count). The molecule has 9 heteroatoms. The van der Waals surface area contributed by atoms with Gasteiger partial charge in [-0.25, -0.2) is 8.42 Å². The minimum absolute atomic E-state index is 0.00955. The van der Waals surface area contributed by atoms with Crippen LogP contribution in [0.4, 0.5) is 0 Å². The number of carboxylic acids is 1. The number of carbonyl (C=O) groups is 1. The van der Waals surface area contributed by atoms with Crippen LogP contribution in [-0.2, 0) is 25.8 Å². The van der Waals surface area contributed by atoms with Gasteiger partial charge in [0.2, 0.25) is 0 Å². The zero-order valence-electron chi connectivity index (χ0n) is 19.7. The minimum Gasteiger partial charge on any atom is -0.497 e. The van der Waals surface area contributed by atoms with Crippen LogP contribution in [0.2, 0.25) is 0 Å². The molecule has 0 spiro atoms. The topological polar surface area (TPSA) is 111 Å². The number of rotatable bonds is 12. The van der Waals surface area contributed by atoms with Crippen molar-refractivity contribution in [2.24, 2.45) is 0 Å². The Morgan fingerprint density at radius 1 is 1.15 bits per heavy atom. The van der Waals surface area contributed by atoms with E-state index in [0.717, 1.165) is 19.5 Å². The molecular weight excluding hydrogens is 458 g/mol. The lowest BCUT2D eigenvalue weighted by atomic mass is 9.94. The average molecular weight is 492 g/mol. The fourth-order valence-electron chi connectivity index (χ4n) is 4.15. The molecule has 1 saturated heterocycles. The van der Waals surface area contributed by atoms with Crippen molar-refractivity contribution in [2.45, 2.75) is 48.4 Å². The highest BCUT2D eigenvalue weighted by molar-refractivity contribution is 7.93. The highest BCUT2D eigenvalue weighted by Gasteiger charge is 2.51. The Balaban J connectivity index is 1.76. The number of methoxy groups -OCH3 is 1. The largest absolute Gasteiger partial charge is 0.497 e. The number of hydrogen-bond donors (Lipinski definition) is 2. The van der Waals surface area contributed by atoms with Gasteiger partial charge in [-0.05, 0) is 48.4 Å². The van der Waals surface area contributed by atoms with Gasteiger partial charge < -0.3 is 24.6 Å². The Labute approximate surface area is 201 Å². The summed E-state index contributed by atoms with van der Waals surface area (Å²) in [6.45, 7) is 4.64. The van der Waals surface area contributed by atoms with Gasteiger partial charge in [0.05, 0.1) is 31.3 Å². The summed E-state index contributed by atoms with van der Waals surface area (Å²) < 4.78 is 41.7. The maximum atomic E-state index is 13.6. The van der Waals surface area contributed by atoms with Crippen molar-refractivity contribution in [2.75, 3.05) is 33.4 Å². The molecule has 2 aromatic carbocycles. The number of aliphatic carboxylic acids is 1. The third-order valence-electron chi connectivity index (χ3n) is 6.05. The normalized spacial score (nSPS) is 18.1. The summed E-state index contributed by atoms with van der Waals surface area (Å²) >= 11 is 0. The van der Waals surface area contributed by atoms with Crippen molar-refractivity contribution >= 4 is 15.8 Å². The predicted octanol–water partition coefficient (Wildman–Crippen LogP) is 3.09. The molecule has 186 valence electrons. The van der Waals surface area contributed by atoms with Crippen LogP contribution >= 0.6 is 0 Å². The molecule has 1 aliphatic rings. The summed E-state index contributed by atoms with van der Waals surface area (Å²) in [5, 5.41) is 13.4. The first-order valence-electron chi connectivity index (χ1n) is 11.5. The fourth-order valence-corrected chi connectivity index (χ4v) is 6.15. The van der Waals surface area contributed by atoms with Crippen LogP contribution in [0, 0.1) is 0 Å². The second kappa shape index (κ2) is 11.7. The van der Waals surface area contributed by atoms with Gasteiger partial charge >= 0.3 is 5.97 Å². The van der Waals surface area contributed by atoms with Crippen LogP contribution in [0.5, 0.6) is 11.5 Å². The van der Waals surface area contributed by atoms with E-state index in [1.165, 1.54) is 31.4 Å². The quantitative estimate of drug-likeness (QED) is 0.466. The molecule has 0 aromatic heterocycles. The van der Waals surface area contributed by atoms with Crippen LogP contribution < -0.4 is 14.8 Å². The molecule has 2 N–H and O–H groups in total. The van der Waals surface area contributed by atoms with Crippen molar-refractivity contribution in [3.8, 4) is 11.5 Å². The van der Waals surface area contributed by atoms with Crippen LogP contribution in [0.1, 0.15) is 31.7 Å². The molecule has 0 saturated carbocycles. The zero-order valence-corrected chi connectivity index (χ0v) is 20.5. The van der Waals surface area contributed by atoms with E-state index in [2.05, 4.69) is 5.32 Å². The van der Waals surface area contributed by atoms with E-state index in [0.29, 0.717) is 36.7 Å². The van der Waals surface area contributed by atoms with Gasteiger partial charge in [-0.15, -0.1) is 0 Å². The van der Waals surface area contributed by atoms with Crippen molar-refractivity contribution in [3.05, 3.63) is 54.1 Å². The molecule has 2 aromatic rings. The number of ether oxygens (including phenoxy) is 3. The summed E-state index contributed by atoms with van der Waals surface area (Å²) in [5.41, 5.74) is 0.611. The van der Waals surface area contributed by atoms with Crippen LogP contribution in [0.15, 0.2) is 53.4 Å². The molecule has 8 nitrogen and oxygen atoms in total. The Bertz CT molecular complexity index is 1030. The monoisotopic (exact) mass is 491 g/mol. The van der Waals surface area contributed by atoms with Crippen LogP contribution in [0.25, 0.3) is 0 Å². The number of carboxylic acid groups (broad SMARTS) is 1. The van der Waals surface area contributed by atoms with Gasteiger partial charge in [0.25, 0.3) is 0 Å². The standard InChI is InChI=1S/C25H33NO7S/c1-3-13-25(24(27)28,34(29,30)23-10-8-20(31-2)9-11-23)17-19-4-6-21(7-5-19)32-15-12-22-18-26-14-16-33-22/h4-11,22,26H,3,12-18H2,1-2H3,(H,27,28). The van der Waals surface area contributed by atoms with Crippen LogP contribution in [-0.4, -0.2) is 63.8 Å². The lowest BCUT2D eigenvalue weighted by Gasteiger charge is -2.29. The van der Waals surface area contributed by atoms with E-state index >= 15 is 0 Å². The third-order valence-corrected chi connectivity index (χ3v) is 8.50. The average Bonchev–Trinajstić information content (AvgIpc) is 2.85. The van der Waals surface area contributed by atoms with Gasteiger partial charge in [0.1, 0.15) is 11.5 Å². The molecule has 0 aliphatic carbocycles. The number of hydrogen-bond acceptors (Lipinski definition) is 7. The molecular formula is C25H33NO7S. The fraction of sp³-hybridized carbons (Fsp3) is 0.480. The molecule has 0 amide bonds. The molecule has 0 bridgehead atoms. The molecule has 34 heavy (non-hydrogen) atoms. The van der Waals surface area contributed by atoms with Crippen molar-refractivity contribution in [1.82, 2.24) is 5.32 Å². The predicted molar refractivity (Wildman–Crippen MR) is 128 cm³/mol. The van der Waals surface area contributed by atoms with Gasteiger partial charge in [-0.3, -0.25) is 4.79 Å². The summed E-state index contributed by atoms with van der Waals surface area (Å²) in [4.78, 5) is 12.4. The molecule has 1 heterocycles. The van der Waals surface area contributed by atoms with Gasteiger partial charge in [0, 0.05) is 25.9 Å². The maximum Gasteiger partial charge on any atom is 0.325 e. The Morgan fingerprint density at radius 3 is 2.38 bits per heavy atom. The smallest absolute Gasteiger partial charge is 0.325 e. The lowest BCUT2D eigenvalue weighted by molar-refractivity contribution is -0.140. The van der Waals surface area contributed by atoms with E-state index in [4.69, 9.17) is 14.2 Å². The number of morpholine rings is 1. The molecule has 1 fully saturated rings. The van der Waals surface area contributed by atoms with Gasteiger partial charge in [-0.1, -0.05) is 25.5 Å². The summed E-state index contributed by atoms with van der Waals surface area (Å²) in [7, 11) is -2.71. The Morgan fingerprint density at radius 2 is 1.82 bits per heavy atom. The highest BCUT2D eigenvalue weighted by Crippen LogP contribution is 2.35. The molecule has 2 atom stereocenters. The van der Waals surface area contributed by atoms with Gasteiger partial charge in [-0.2, -0.15) is 0 Å². The van der Waals surface area contributed by atoms with Crippen LogP contribution in [0.3, 0.4) is 0 Å². The van der Waals surface area contributed by atoms with E-state index < -0.39 is 20.6 Å². The van der Waals surface area contributed by atoms with Gasteiger partial charge in [0.15, 0.2) is 14.6 Å². The first kappa shape index (κ1) is 26.0. The van der Waals surface area contributed by atoms with E-state index in [1.807, 2.05) is 0 Å². The first-order valence-corrected chi connectivity index (χ1v) is 13.0. The zero-order chi connectivity index (χ0) is 24.6. The minimum atomic E-state index is -4.19. The summed E-state index contributed by atoms with van der Waals surface area (Å²) in [6, 6.07) is 12.8. The SMILES string of the molecule is CCCC(Cc1ccc(OCCC2CNCCO2)cc1)(C(=O)O)S(=O)(=O)c1ccc(OC)cc1. The molecule has 0 radical (unpaired) electrons. The number of benzene rings is 2. The van der Waals surface area contributed by atoms with E-state index in [9.17, 15) is 18.3 Å². The Hall–Kier alpha value is -2.62. The second-order valence-corrected chi connectivity index (χ2v) is 10.6. The number of sulfone groups is 1. The van der Waals surface area contributed by atoms with E-state index in [1.54, 1.807) is 31.2 Å². The van der Waals surface area contributed by atoms with Crippen molar-refractivity contribution in [1.29, 1.82) is 0 Å². The van der Waals surface area contributed by atoms with E-state index in [-0.39, 0.29) is 23.8 Å². The molecule has 1 aliphatic heterocycles. The maximum absolute atomic E-state index is 13.6. The van der Waals surface area contributed by atoms with Crippen molar-refractivity contribution in [3.63, 3.8) is 0 Å². The summed E-state index contributed by atoms with van der Waals surface area (Å²) in [5.74, 6) is -0.217. The second-order valence-electron chi connectivity index (χ2n) is 8.38.